The van der Waals surface area contributed by atoms with Gasteiger partial charge < -0.3 is 14.8 Å². The number of fused-ring (bicyclic) bond motifs is 2. The van der Waals surface area contributed by atoms with Crippen LogP contribution in [0.2, 0.25) is 0 Å². The molecule has 0 aliphatic carbocycles. The van der Waals surface area contributed by atoms with Crippen LogP contribution < -0.4 is 4.74 Å². The van der Waals surface area contributed by atoms with E-state index >= 15 is 0 Å². The topological polar surface area (TPSA) is 86.9 Å². The Morgan fingerprint density at radius 2 is 2.10 bits per heavy atom. The number of aliphatic hydroxyl groups is 1. The van der Waals surface area contributed by atoms with Gasteiger partial charge in [-0.3, -0.25) is 4.68 Å². The highest BCUT2D eigenvalue weighted by Gasteiger charge is 2.36. The van der Waals surface area contributed by atoms with Crippen LogP contribution in [0.25, 0.3) is 21.8 Å². The second-order valence-corrected chi connectivity index (χ2v) is 8.12. The first kappa shape index (κ1) is 19.0. The monoisotopic (exact) mass is 388 g/mol. The van der Waals surface area contributed by atoms with Crippen molar-refractivity contribution >= 4 is 21.8 Å². The summed E-state index contributed by atoms with van der Waals surface area (Å²) in [5, 5.41) is 26.2. The molecule has 2 N–H and O–H groups in total. The van der Waals surface area contributed by atoms with Crippen LogP contribution in [-0.4, -0.2) is 33.6 Å². The lowest BCUT2D eigenvalue weighted by Gasteiger charge is -2.34. The number of nitrogens with one attached hydrogen (secondary N) is 1. The van der Waals surface area contributed by atoms with Crippen LogP contribution in [0.3, 0.4) is 0 Å². The maximum absolute atomic E-state index is 10.3. The third-order valence-corrected chi connectivity index (χ3v) is 5.60. The van der Waals surface area contributed by atoms with Gasteiger partial charge in [-0.15, -0.1) is 0 Å². The van der Waals surface area contributed by atoms with E-state index in [1.807, 2.05) is 56.0 Å². The molecular weight excluding hydrogens is 364 g/mol. The first-order valence-corrected chi connectivity index (χ1v) is 9.54. The molecular formula is C23H24N4O2. The number of H-pyrrole nitrogens is 1. The summed E-state index contributed by atoms with van der Waals surface area (Å²) >= 11 is 0. The molecule has 0 fully saturated rings. The van der Waals surface area contributed by atoms with E-state index in [-0.39, 0.29) is 12.6 Å². The van der Waals surface area contributed by atoms with Crippen molar-refractivity contribution in [1.29, 1.82) is 5.26 Å². The van der Waals surface area contributed by atoms with Gasteiger partial charge in [0.2, 0.25) is 0 Å². The molecule has 2 aromatic heterocycles. The van der Waals surface area contributed by atoms with Gasteiger partial charge >= 0.3 is 0 Å². The fourth-order valence-electron chi connectivity index (χ4n) is 4.05. The quantitative estimate of drug-likeness (QED) is 0.533. The van der Waals surface area contributed by atoms with Crippen LogP contribution in [0.4, 0.5) is 0 Å². The van der Waals surface area contributed by atoms with E-state index in [4.69, 9.17) is 9.84 Å². The molecule has 4 aromatic rings. The SMILES string of the molecule is COc1cc(C)c2[nH]ccc2c1C(n1cc2ccc(C#N)cc2n1)C(C)(C)CO. The second kappa shape index (κ2) is 6.94. The largest absolute Gasteiger partial charge is 0.496 e. The van der Waals surface area contributed by atoms with Gasteiger partial charge in [0.15, 0.2) is 0 Å². The highest BCUT2D eigenvalue weighted by molar-refractivity contribution is 5.89. The summed E-state index contributed by atoms with van der Waals surface area (Å²) in [4.78, 5) is 3.31. The zero-order chi connectivity index (χ0) is 20.8. The fraction of sp³-hybridized carbons (Fsp3) is 0.304. The number of methoxy groups -OCH3 is 1. The number of aliphatic hydroxyl groups excluding tert-OH is 1. The Morgan fingerprint density at radius 3 is 2.79 bits per heavy atom. The molecule has 0 bridgehead atoms. The van der Waals surface area contributed by atoms with Crippen LogP contribution in [0.5, 0.6) is 5.75 Å². The summed E-state index contributed by atoms with van der Waals surface area (Å²) in [6.45, 7) is 6.05. The number of hydrogen-bond acceptors (Lipinski definition) is 4. The number of rotatable bonds is 5. The van der Waals surface area contributed by atoms with Crippen LogP contribution >= 0.6 is 0 Å². The number of aromatic nitrogens is 3. The van der Waals surface area contributed by atoms with Crippen molar-refractivity contribution in [2.45, 2.75) is 26.8 Å². The van der Waals surface area contributed by atoms with Gasteiger partial charge in [0.05, 0.1) is 36.9 Å². The molecule has 6 nitrogen and oxygen atoms in total. The lowest BCUT2D eigenvalue weighted by Crippen LogP contribution is -2.32. The second-order valence-electron chi connectivity index (χ2n) is 8.12. The van der Waals surface area contributed by atoms with Gasteiger partial charge in [-0.2, -0.15) is 10.4 Å². The smallest absolute Gasteiger partial charge is 0.125 e. The number of nitriles is 1. The molecule has 0 spiro atoms. The van der Waals surface area contributed by atoms with Crippen LogP contribution in [-0.2, 0) is 0 Å². The first-order valence-electron chi connectivity index (χ1n) is 9.54. The predicted molar refractivity (Wildman–Crippen MR) is 113 cm³/mol. The highest BCUT2D eigenvalue weighted by Crippen LogP contribution is 2.45. The average molecular weight is 388 g/mol. The number of hydrogen-bond donors (Lipinski definition) is 2. The first-order chi connectivity index (χ1) is 13.9. The highest BCUT2D eigenvalue weighted by atomic mass is 16.5. The lowest BCUT2D eigenvalue weighted by molar-refractivity contribution is 0.112. The Morgan fingerprint density at radius 1 is 1.31 bits per heavy atom. The minimum absolute atomic E-state index is 0.0275. The van der Waals surface area contributed by atoms with Crippen molar-refractivity contribution in [3.05, 3.63) is 59.4 Å². The van der Waals surface area contributed by atoms with Gasteiger partial charge in [-0.25, -0.2) is 0 Å². The lowest BCUT2D eigenvalue weighted by atomic mass is 9.79. The van der Waals surface area contributed by atoms with Crippen LogP contribution in [0.1, 0.15) is 36.6 Å². The zero-order valence-electron chi connectivity index (χ0n) is 17.0. The number of aryl methyl sites for hydroxylation is 1. The van der Waals surface area contributed by atoms with E-state index in [1.54, 1.807) is 19.2 Å². The summed E-state index contributed by atoms with van der Waals surface area (Å²) in [6, 6.07) is 11.4. The summed E-state index contributed by atoms with van der Waals surface area (Å²) in [6.07, 6.45) is 3.89. The summed E-state index contributed by atoms with van der Waals surface area (Å²) in [5.41, 5.74) is 3.91. The van der Waals surface area contributed by atoms with E-state index in [1.165, 1.54) is 0 Å². The van der Waals surface area contributed by atoms with Gasteiger partial charge in [-0.05, 0) is 42.8 Å². The molecule has 6 heteroatoms. The molecule has 4 rings (SSSR count). The van der Waals surface area contributed by atoms with Gasteiger partial charge in [0.1, 0.15) is 5.75 Å². The van der Waals surface area contributed by atoms with Crippen molar-refractivity contribution in [1.82, 2.24) is 14.8 Å². The van der Waals surface area contributed by atoms with Crippen molar-refractivity contribution in [2.24, 2.45) is 5.41 Å². The Labute approximate surface area is 169 Å². The standard InChI is InChI=1S/C23H24N4O2/c1-14-9-19(29-4)20(17-7-8-25-21(14)17)22(23(2,3)13-28)27-12-16-6-5-15(11-24)10-18(16)26-27/h5-10,12,22,25,28H,13H2,1-4H3. The Kier molecular flexibility index (Phi) is 4.56. The molecule has 148 valence electrons. The maximum Gasteiger partial charge on any atom is 0.125 e. The third kappa shape index (κ3) is 3.04. The zero-order valence-corrected chi connectivity index (χ0v) is 17.0. The molecule has 2 aromatic carbocycles. The van der Waals surface area contributed by atoms with Crippen molar-refractivity contribution in [3.8, 4) is 11.8 Å². The van der Waals surface area contributed by atoms with Gasteiger partial charge in [-0.1, -0.05) is 13.8 Å². The summed E-state index contributed by atoms with van der Waals surface area (Å²) in [7, 11) is 1.67. The molecule has 1 unspecified atom stereocenters. The fourth-order valence-corrected chi connectivity index (χ4v) is 4.05. The summed E-state index contributed by atoms with van der Waals surface area (Å²) < 4.78 is 7.67. The number of benzene rings is 2. The van der Waals surface area contributed by atoms with Crippen molar-refractivity contribution in [2.75, 3.05) is 13.7 Å². The number of aromatic amines is 1. The summed E-state index contributed by atoms with van der Waals surface area (Å²) in [5.74, 6) is 0.762. The van der Waals surface area contributed by atoms with Crippen molar-refractivity contribution < 1.29 is 9.84 Å². The van der Waals surface area contributed by atoms with Gasteiger partial charge in [0.25, 0.3) is 0 Å². The predicted octanol–water partition coefficient (Wildman–Crippen LogP) is 4.31. The molecule has 0 radical (unpaired) electrons. The Bertz CT molecular complexity index is 1240. The Balaban J connectivity index is 2.03. The number of ether oxygens (including phenoxy) is 1. The molecule has 0 saturated carbocycles. The van der Waals surface area contributed by atoms with E-state index in [9.17, 15) is 10.4 Å². The molecule has 0 saturated heterocycles. The molecule has 0 amide bonds. The Hall–Kier alpha value is -3.30. The molecule has 0 aliphatic rings. The molecule has 29 heavy (non-hydrogen) atoms. The minimum atomic E-state index is -0.521. The molecule has 0 aliphatic heterocycles. The van der Waals surface area contributed by atoms with Crippen molar-refractivity contribution in [3.63, 3.8) is 0 Å². The van der Waals surface area contributed by atoms with Crippen LogP contribution in [0, 0.1) is 23.7 Å². The molecule has 2 heterocycles. The van der Waals surface area contributed by atoms with E-state index in [0.717, 1.165) is 38.7 Å². The van der Waals surface area contributed by atoms with Crippen LogP contribution in [0.15, 0.2) is 42.7 Å². The van der Waals surface area contributed by atoms with E-state index in [0.29, 0.717) is 5.56 Å². The third-order valence-electron chi connectivity index (χ3n) is 5.60. The van der Waals surface area contributed by atoms with E-state index in [2.05, 4.69) is 11.1 Å². The molecule has 1 atom stereocenters. The normalized spacial score (nSPS) is 13.0. The van der Waals surface area contributed by atoms with E-state index < -0.39 is 5.41 Å². The minimum Gasteiger partial charge on any atom is -0.496 e. The maximum atomic E-state index is 10.3. The number of nitrogens with zero attached hydrogens (tertiary/aromatic N) is 3. The van der Waals surface area contributed by atoms with Gasteiger partial charge in [0, 0.05) is 39.7 Å². The average Bonchev–Trinajstić information content (AvgIpc) is 3.36.